The first kappa shape index (κ1) is 17.6. The van der Waals surface area contributed by atoms with E-state index in [1.165, 1.54) is 11.3 Å². The molecule has 6 nitrogen and oxygen atoms in total. The van der Waals surface area contributed by atoms with E-state index in [2.05, 4.69) is 10.3 Å². The molecule has 138 valence electrons. The second kappa shape index (κ2) is 7.46. The Kier molecular flexibility index (Phi) is 4.87. The van der Waals surface area contributed by atoms with Gasteiger partial charge in [0.25, 0.3) is 5.91 Å². The van der Waals surface area contributed by atoms with Crippen molar-refractivity contribution in [3.63, 3.8) is 0 Å². The summed E-state index contributed by atoms with van der Waals surface area (Å²) in [5, 5.41) is 5.60. The zero-order valence-corrected chi connectivity index (χ0v) is 15.8. The number of fused-ring (bicyclic) bond motifs is 1. The number of ether oxygens (including phenoxy) is 3. The monoisotopic (exact) mass is 402 g/mol. The molecule has 2 heterocycles. The number of methoxy groups -OCH3 is 1. The smallest absolute Gasteiger partial charge is 0.270 e. The minimum absolute atomic E-state index is 0.148. The van der Waals surface area contributed by atoms with Gasteiger partial charge in [-0.1, -0.05) is 23.7 Å². The van der Waals surface area contributed by atoms with E-state index in [9.17, 15) is 4.79 Å². The van der Waals surface area contributed by atoms with Crippen LogP contribution in [0.1, 0.15) is 0 Å². The number of amides is 1. The van der Waals surface area contributed by atoms with Crippen LogP contribution in [0.25, 0.3) is 11.3 Å². The predicted molar refractivity (Wildman–Crippen MR) is 104 cm³/mol. The largest absolute Gasteiger partial charge is 0.495 e. The normalized spacial score (nSPS) is 15.3. The highest BCUT2D eigenvalue weighted by atomic mass is 35.5. The van der Waals surface area contributed by atoms with Crippen molar-refractivity contribution >= 4 is 34.0 Å². The number of thiazole rings is 1. The van der Waals surface area contributed by atoms with Crippen molar-refractivity contribution in [3.05, 3.63) is 52.9 Å². The zero-order chi connectivity index (χ0) is 18.8. The molecule has 1 aliphatic heterocycles. The van der Waals surface area contributed by atoms with Gasteiger partial charge in [0.2, 0.25) is 6.10 Å². The minimum atomic E-state index is -0.734. The van der Waals surface area contributed by atoms with E-state index in [1.54, 1.807) is 31.4 Å². The van der Waals surface area contributed by atoms with Gasteiger partial charge in [-0.05, 0) is 30.3 Å². The summed E-state index contributed by atoms with van der Waals surface area (Å²) < 4.78 is 16.4. The first-order chi connectivity index (χ1) is 13.1. The van der Waals surface area contributed by atoms with Gasteiger partial charge in [-0.15, -0.1) is 11.3 Å². The second-order valence-electron chi connectivity index (χ2n) is 5.74. The average molecular weight is 403 g/mol. The maximum absolute atomic E-state index is 12.5. The fourth-order valence-electron chi connectivity index (χ4n) is 2.62. The van der Waals surface area contributed by atoms with E-state index >= 15 is 0 Å². The predicted octanol–water partition coefficient (Wildman–Crippen LogP) is 4.25. The summed E-state index contributed by atoms with van der Waals surface area (Å²) >= 11 is 7.49. The van der Waals surface area contributed by atoms with Crippen molar-refractivity contribution in [2.75, 3.05) is 19.0 Å². The van der Waals surface area contributed by atoms with Crippen molar-refractivity contribution < 1.29 is 19.0 Å². The molecule has 1 N–H and O–H groups in total. The van der Waals surface area contributed by atoms with E-state index in [0.717, 1.165) is 5.56 Å². The van der Waals surface area contributed by atoms with Crippen LogP contribution < -0.4 is 19.5 Å². The molecule has 1 aromatic heterocycles. The van der Waals surface area contributed by atoms with Crippen molar-refractivity contribution in [2.24, 2.45) is 0 Å². The number of halogens is 1. The standard InChI is InChI=1S/C19H15ClN2O4S/c1-24-14-7-6-11(8-12(14)20)13-10-27-19(21-13)22-18(23)17-9-25-15-4-2-3-5-16(15)26-17/h2-8,10,17H,9H2,1H3,(H,21,22,23)/t17-/m1/s1. The molecule has 0 bridgehead atoms. The number of carbonyl (C=O) groups excluding carboxylic acids is 1. The number of nitrogens with one attached hydrogen (secondary N) is 1. The fraction of sp³-hybridized carbons (Fsp3) is 0.158. The molecule has 0 saturated carbocycles. The lowest BCUT2D eigenvalue weighted by atomic mass is 10.2. The topological polar surface area (TPSA) is 69.7 Å². The fourth-order valence-corrected chi connectivity index (χ4v) is 3.60. The highest BCUT2D eigenvalue weighted by molar-refractivity contribution is 7.14. The molecule has 0 spiro atoms. The molecule has 0 unspecified atom stereocenters. The van der Waals surface area contributed by atoms with Gasteiger partial charge in [0.05, 0.1) is 17.8 Å². The summed E-state index contributed by atoms with van der Waals surface area (Å²) in [6.07, 6.45) is -0.734. The Bertz CT molecular complexity index is 991. The molecule has 8 heteroatoms. The van der Waals surface area contributed by atoms with Crippen LogP contribution in [0.15, 0.2) is 47.8 Å². The van der Waals surface area contributed by atoms with Gasteiger partial charge in [0, 0.05) is 10.9 Å². The quantitative estimate of drug-likeness (QED) is 0.706. The molecule has 0 aliphatic carbocycles. The molecule has 1 amide bonds. The third kappa shape index (κ3) is 3.70. The molecule has 1 atom stereocenters. The number of aromatic nitrogens is 1. The first-order valence-electron chi connectivity index (χ1n) is 8.13. The van der Waals surface area contributed by atoms with Gasteiger partial charge in [0.1, 0.15) is 12.4 Å². The second-order valence-corrected chi connectivity index (χ2v) is 7.01. The molecule has 27 heavy (non-hydrogen) atoms. The SMILES string of the molecule is COc1ccc(-c2csc(NC(=O)[C@H]3COc4ccccc4O3)n2)cc1Cl. The number of nitrogens with zero attached hydrogens (tertiary/aromatic N) is 1. The van der Waals surface area contributed by atoms with Gasteiger partial charge >= 0.3 is 0 Å². The first-order valence-corrected chi connectivity index (χ1v) is 9.38. The molecule has 2 aromatic carbocycles. The van der Waals surface area contributed by atoms with Crippen molar-refractivity contribution in [3.8, 4) is 28.5 Å². The number of para-hydroxylation sites is 2. The number of hydrogen-bond donors (Lipinski definition) is 1. The van der Waals surface area contributed by atoms with Crippen molar-refractivity contribution in [2.45, 2.75) is 6.10 Å². The van der Waals surface area contributed by atoms with Crippen LogP contribution >= 0.6 is 22.9 Å². The maximum Gasteiger partial charge on any atom is 0.270 e. The van der Waals surface area contributed by atoms with Crippen LogP contribution in [-0.2, 0) is 4.79 Å². The number of hydrogen-bond acceptors (Lipinski definition) is 6. The molecule has 0 fully saturated rings. The number of benzene rings is 2. The van der Waals surface area contributed by atoms with Crippen molar-refractivity contribution in [1.29, 1.82) is 0 Å². The maximum atomic E-state index is 12.5. The van der Waals surface area contributed by atoms with E-state index in [0.29, 0.717) is 33.1 Å². The zero-order valence-electron chi connectivity index (χ0n) is 14.3. The number of rotatable bonds is 4. The van der Waals surface area contributed by atoms with E-state index in [-0.39, 0.29) is 12.5 Å². The average Bonchev–Trinajstić information content (AvgIpc) is 3.16. The molecular weight excluding hydrogens is 388 g/mol. The molecular formula is C19H15ClN2O4S. The lowest BCUT2D eigenvalue weighted by molar-refractivity contribution is -0.125. The Morgan fingerprint density at radius 3 is 2.89 bits per heavy atom. The summed E-state index contributed by atoms with van der Waals surface area (Å²) in [5.74, 6) is 1.48. The molecule has 3 aromatic rings. The summed E-state index contributed by atoms with van der Waals surface area (Å²) in [5.41, 5.74) is 1.55. The Labute approximate surface area is 164 Å². The van der Waals surface area contributed by atoms with E-state index < -0.39 is 6.10 Å². The molecule has 4 rings (SSSR count). The van der Waals surface area contributed by atoms with Gasteiger partial charge in [-0.25, -0.2) is 4.98 Å². The third-order valence-corrected chi connectivity index (χ3v) is 5.04. The number of anilines is 1. The van der Waals surface area contributed by atoms with Gasteiger partial charge in [-0.2, -0.15) is 0 Å². The Hall–Kier alpha value is -2.77. The highest BCUT2D eigenvalue weighted by Gasteiger charge is 2.27. The molecule has 0 radical (unpaired) electrons. The lowest BCUT2D eigenvalue weighted by Crippen LogP contribution is -2.40. The molecule has 0 saturated heterocycles. The van der Waals surface area contributed by atoms with Gasteiger partial charge < -0.3 is 14.2 Å². The molecule has 1 aliphatic rings. The van der Waals surface area contributed by atoms with E-state index in [4.69, 9.17) is 25.8 Å². The van der Waals surface area contributed by atoms with Crippen LogP contribution in [0.3, 0.4) is 0 Å². The van der Waals surface area contributed by atoms with Crippen molar-refractivity contribution in [1.82, 2.24) is 4.98 Å². The minimum Gasteiger partial charge on any atom is -0.495 e. The summed E-state index contributed by atoms with van der Waals surface area (Å²) in [6, 6.07) is 12.7. The van der Waals surface area contributed by atoms with Crippen LogP contribution in [0.2, 0.25) is 5.02 Å². The highest BCUT2D eigenvalue weighted by Crippen LogP contribution is 2.33. The van der Waals surface area contributed by atoms with E-state index in [1.807, 2.05) is 23.6 Å². The summed E-state index contributed by atoms with van der Waals surface area (Å²) in [4.78, 5) is 16.9. The lowest BCUT2D eigenvalue weighted by Gasteiger charge is -2.25. The Morgan fingerprint density at radius 1 is 1.30 bits per heavy atom. The number of carbonyl (C=O) groups is 1. The van der Waals surface area contributed by atoms with Crippen LogP contribution in [0.4, 0.5) is 5.13 Å². The van der Waals surface area contributed by atoms with Crippen LogP contribution in [-0.4, -0.2) is 30.7 Å². The van der Waals surface area contributed by atoms with Gasteiger partial charge in [0.15, 0.2) is 16.6 Å². The Morgan fingerprint density at radius 2 is 2.11 bits per heavy atom. The Balaban J connectivity index is 1.45. The van der Waals surface area contributed by atoms with Crippen LogP contribution in [0.5, 0.6) is 17.2 Å². The third-order valence-electron chi connectivity index (χ3n) is 3.98. The van der Waals surface area contributed by atoms with Gasteiger partial charge in [-0.3, -0.25) is 10.1 Å². The summed E-state index contributed by atoms with van der Waals surface area (Å²) in [6.45, 7) is 0.148. The summed E-state index contributed by atoms with van der Waals surface area (Å²) in [7, 11) is 1.56. The van der Waals surface area contributed by atoms with Crippen LogP contribution in [0, 0.1) is 0 Å².